The van der Waals surface area contributed by atoms with Gasteiger partial charge in [-0.05, 0) is 67.7 Å². The Bertz CT molecular complexity index is 435. The number of rotatable bonds is 4. The first-order chi connectivity index (χ1) is 8.22. The summed E-state index contributed by atoms with van der Waals surface area (Å²) in [6.45, 7) is 0. The van der Waals surface area contributed by atoms with Crippen LogP contribution in [0.25, 0.3) is 0 Å². The number of methoxy groups -OCH3 is 1. The number of ether oxygens (including phenoxy) is 1. The van der Waals surface area contributed by atoms with Crippen LogP contribution in [0.3, 0.4) is 0 Å². The molecule has 0 aromatic heterocycles. The second-order valence-corrected chi connectivity index (χ2v) is 5.60. The highest BCUT2D eigenvalue weighted by Gasteiger charge is 2.37. The van der Waals surface area contributed by atoms with E-state index in [1.54, 1.807) is 12.7 Å². The van der Waals surface area contributed by atoms with Crippen LogP contribution in [0.4, 0.5) is 0 Å². The quantitative estimate of drug-likeness (QED) is 0.864. The summed E-state index contributed by atoms with van der Waals surface area (Å²) in [5, 5.41) is 0. The predicted octanol–water partition coefficient (Wildman–Crippen LogP) is 2.61. The lowest BCUT2D eigenvalue weighted by atomic mass is 9.96. The van der Waals surface area contributed by atoms with Crippen LogP contribution in [0.5, 0.6) is 5.75 Å². The summed E-state index contributed by atoms with van der Waals surface area (Å²) in [6, 6.07) is 4.38. The van der Waals surface area contributed by atoms with E-state index in [1.807, 2.05) is 0 Å². The van der Waals surface area contributed by atoms with Gasteiger partial charge in [0.05, 0.1) is 7.11 Å². The number of aryl methyl sites for hydroxylation is 1. The molecule has 1 saturated carbocycles. The summed E-state index contributed by atoms with van der Waals surface area (Å²) >= 11 is 0. The number of nitrogens with two attached hydrogens (primary N) is 1. The van der Waals surface area contributed by atoms with Gasteiger partial charge < -0.3 is 10.5 Å². The van der Waals surface area contributed by atoms with Crippen molar-refractivity contribution in [2.45, 2.75) is 50.5 Å². The van der Waals surface area contributed by atoms with Gasteiger partial charge in [0.15, 0.2) is 0 Å². The van der Waals surface area contributed by atoms with Crippen molar-refractivity contribution < 1.29 is 4.74 Å². The molecule has 0 unspecified atom stereocenters. The van der Waals surface area contributed by atoms with Crippen molar-refractivity contribution in [1.29, 1.82) is 0 Å². The van der Waals surface area contributed by atoms with Gasteiger partial charge in [0.2, 0.25) is 0 Å². The third-order valence-corrected chi connectivity index (χ3v) is 4.34. The van der Waals surface area contributed by atoms with E-state index < -0.39 is 0 Å². The highest BCUT2D eigenvalue weighted by molar-refractivity contribution is 5.48. The van der Waals surface area contributed by atoms with Crippen LogP contribution in [0.2, 0.25) is 0 Å². The number of benzene rings is 1. The molecule has 0 amide bonds. The molecule has 2 aliphatic rings. The predicted molar refractivity (Wildman–Crippen MR) is 69.5 cm³/mol. The van der Waals surface area contributed by atoms with Crippen LogP contribution in [-0.4, -0.2) is 12.6 Å². The topological polar surface area (TPSA) is 35.2 Å². The summed E-state index contributed by atoms with van der Waals surface area (Å²) in [6.07, 6.45) is 8.39. The molecule has 0 saturated heterocycles. The van der Waals surface area contributed by atoms with E-state index in [2.05, 4.69) is 12.1 Å². The standard InChI is InChI=1S/C15H21NO/c1-17-14-6-5-11(7-8-15(16)9-10-15)12-3-2-4-13(12)14/h5-6H,2-4,7-10,16H2,1H3. The fourth-order valence-electron chi connectivity index (χ4n) is 2.97. The maximum Gasteiger partial charge on any atom is 0.122 e. The Balaban J connectivity index is 1.82. The number of fused-ring (bicyclic) bond motifs is 1. The van der Waals surface area contributed by atoms with Gasteiger partial charge in [-0.1, -0.05) is 6.07 Å². The van der Waals surface area contributed by atoms with Gasteiger partial charge in [-0.3, -0.25) is 0 Å². The maximum atomic E-state index is 6.17. The van der Waals surface area contributed by atoms with E-state index in [0.717, 1.165) is 18.6 Å². The molecule has 1 aromatic carbocycles. The first kappa shape index (κ1) is 11.1. The molecule has 2 aliphatic carbocycles. The van der Waals surface area contributed by atoms with Crippen LogP contribution in [-0.2, 0) is 19.3 Å². The molecule has 17 heavy (non-hydrogen) atoms. The van der Waals surface area contributed by atoms with Gasteiger partial charge in [0.25, 0.3) is 0 Å². The van der Waals surface area contributed by atoms with Gasteiger partial charge in [0, 0.05) is 5.54 Å². The molecule has 1 aromatic rings. The Kier molecular flexibility index (Phi) is 2.62. The highest BCUT2D eigenvalue weighted by Crippen LogP contribution is 2.39. The molecule has 0 heterocycles. The zero-order valence-corrected chi connectivity index (χ0v) is 10.6. The average Bonchev–Trinajstić information content (AvgIpc) is 2.89. The maximum absolute atomic E-state index is 6.17. The van der Waals surface area contributed by atoms with Crippen LogP contribution in [0.1, 0.15) is 42.4 Å². The fourth-order valence-corrected chi connectivity index (χ4v) is 2.97. The van der Waals surface area contributed by atoms with E-state index in [4.69, 9.17) is 10.5 Å². The first-order valence-corrected chi connectivity index (χ1v) is 6.68. The zero-order valence-electron chi connectivity index (χ0n) is 10.6. The Morgan fingerprint density at radius 2 is 2.00 bits per heavy atom. The van der Waals surface area contributed by atoms with Crippen molar-refractivity contribution in [2.75, 3.05) is 7.11 Å². The largest absolute Gasteiger partial charge is 0.496 e. The van der Waals surface area contributed by atoms with E-state index in [1.165, 1.54) is 43.2 Å². The molecule has 2 heteroatoms. The third kappa shape index (κ3) is 2.06. The SMILES string of the molecule is COc1ccc(CCC2(N)CC2)c2c1CCC2. The van der Waals surface area contributed by atoms with Crippen LogP contribution < -0.4 is 10.5 Å². The van der Waals surface area contributed by atoms with Gasteiger partial charge in [-0.25, -0.2) is 0 Å². The minimum atomic E-state index is 0.172. The van der Waals surface area contributed by atoms with E-state index in [0.29, 0.717) is 0 Å². The third-order valence-electron chi connectivity index (χ3n) is 4.34. The van der Waals surface area contributed by atoms with E-state index in [9.17, 15) is 0 Å². The van der Waals surface area contributed by atoms with Crippen molar-refractivity contribution in [3.8, 4) is 5.75 Å². The summed E-state index contributed by atoms with van der Waals surface area (Å²) in [5.74, 6) is 1.08. The van der Waals surface area contributed by atoms with Gasteiger partial charge in [-0.2, -0.15) is 0 Å². The van der Waals surface area contributed by atoms with E-state index >= 15 is 0 Å². The van der Waals surface area contributed by atoms with Crippen LogP contribution in [0, 0.1) is 0 Å². The average molecular weight is 231 g/mol. The van der Waals surface area contributed by atoms with Crippen molar-refractivity contribution >= 4 is 0 Å². The summed E-state index contributed by atoms with van der Waals surface area (Å²) in [4.78, 5) is 0. The zero-order chi connectivity index (χ0) is 11.9. The Labute approximate surface area is 103 Å². The van der Waals surface area contributed by atoms with Gasteiger partial charge in [-0.15, -0.1) is 0 Å². The molecule has 1 fully saturated rings. The number of hydrogen-bond acceptors (Lipinski definition) is 2. The lowest BCUT2D eigenvalue weighted by molar-refractivity contribution is 0.410. The molecule has 3 rings (SSSR count). The summed E-state index contributed by atoms with van der Waals surface area (Å²) < 4.78 is 5.45. The highest BCUT2D eigenvalue weighted by atomic mass is 16.5. The second kappa shape index (κ2) is 4.02. The molecule has 0 atom stereocenters. The smallest absolute Gasteiger partial charge is 0.122 e. The molecular weight excluding hydrogens is 210 g/mol. The molecule has 92 valence electrons. The fraction of sp³-hybridized carbons (Fsp3) is 0.600. The Morgan fingerprint density at radius 3 is 2.71 bits per heavy atom. The molecule has 0 bridgehead atoms. The minimum Gasteiger partial charge on any atom is -0.496 e. The normalized spacial score (nSPS) is 20.1. The first-order valence-electron chi connectivity index (χ1n) is 6.68. The molecule has 0 spiro atoms. The molecule has 0 aliphatic heterocycles. The lowest BCUT2D eigenvalue weighted by Crippen LogP contribution is -2.22. The van der Waals surface area contributed by atoms with Crippen LogP contribution >= 0.6 is 0 Å². The van der Waals surface area contributed by atoms with Crippen molar-refractivity contribution in [3.05, 3.63) is 28.8 Å². The molecular formula is C15H21NO. The second-order valence-electron chi connectivity index (χ2n) is 5.60. The van der Waals surface area contributed by atoms with Gasteiger partial charge in [0.1, 0.15) is 5.75 Å². The number of hydrogen-bond donors (Lipinski definition) is 1. The molecule has 2 nitrogen and oxygen atoms in total. The van der Waals surface area contributed by atoms with E-state index in [-0.39, 0.29) is 5.54 Å². The lowest BCUT2D eigenvalue weighted by Gasteiger charge is -2.14. The minimum absolute atomic E-state index is 0.172. The Hall–Kier alpha value is -1.02. The van der Waals surface area contributed by atoms with Crippen molar-refractivity contribution in [1.82, 2.24) is 0 Å². The van der Waals surface area contributed by atoms with Crippen LogP contribution in [0.15, 0.2) is 12.1 Å². The van der Waals surface area contributed by atoms with Gasteiger partial charge >= 0.3 is 0 Å². The van der Waals surface area contributed by atoms with Crippen molar-refractivity contribution in [2.24, 2.45) is 5.73 Å². The Morgan fingerprint density at radius 1 is 1.24 bits per heavy atom. The monoisotopic (exact) mass is 231 g/mol. The molecule has 2 N–H and O–H groups in total. The van der Waals surface area contributed by atoms with Crippen molar-refractivity contribution in [3.63, 3.8) is 0 Å². The molecule has 0 radical (unpaired) electrons. The summed E-state index contributed by atoms with van der Waals surface area (Å²) in [5.41, 5.74) is 10.9. The summed E-state index contributed by atoms with van der Waals surface area (Å²) in [7, 11) is 1.77.